The molecule has 0 aromatic heterocycles. The Bertz CT molecular complexity index is 37.8. The summed E-state index contributed by atoms with van der Waals surface area (Å²) in [5.74, 6) is 0. The van der Waals surface area contributed by atoms with Crippen LogP contribution in [0.1, 0.15) is 27.2 Å². The van der Waals surface area contributed by atoms with Crippen LogP contribution in [0.15, 0.2) is 0 Å². The molecule has 0 rings (SSSR count). The molecule has 0 aliphatic carbocycles. The van der Waals surface area contributed by atoms with Gasteiger partial charge in [-0.3, -0.25) is 0 Å². The number of hydrogen-bond donors (Lipinski definition) is 0. The molecule has 0 spiro atoms. The Morgan fingerprint density at radius 2 is 1.57 bits per heavy atom. The molecule has 2 heteroatoms. The maximum atomic E-state index is 10.5. The Morgan fingerprint density at radius 1 is 1.43 bits per heavy atom. The van der Waals surface area contributed by atoms with Crippen LogP contribution in [0.5, 0.6) is 0 Å². The predicted molar refractivity (Wildman–Crippen MR) is 32.2 cm³/mol. The standard InChI is InChI=1S/C5H11O.Na.H/c1-4-5(2,3)6;;/h4H2,1-3H3;;. The summed E-state index contributed by atoms with van der Waals surface area (Å²) in [6, 6.07) is 0. The fourth-order valence-electron chi connectivity index (χ4n) is 0. The fraction of sp³-hybridized carbons (Fsp3) is 1.00. The molecule has 1 radical (unpaired) electrons. The minimum atomic E-state index is -0.708. The van der Waals surface area contributed by atoms with Crippen molar-refractivity contribution in [3.8, 4) is 0 Å². The van der Waals surface area contributed by atoms with Crippen molar-refractivity contribution in [1.29, 1.82) is 0 Å². The van der Waals surface area contributed by atoms with Gasteiger partial charge < -0.3 is 0 Å². The van der Waals surface area contributed by atoms with Gasteiger partial charge in [-0.1, -0.05) is 6.92 Å². The van der Waals surface area contributed by atoms with Crippen molar-refractivity contribution in [2.24, 2.45) is 0 Å². The van der Waals surface area contributed by atoms with E-state index in [0.29, 0.717) is 6.42 Å². The zero-order chi connectivity index (χ0) is 5.21. The molecule has 0 N–H and O–H groups in total. The van der Waals surface area contributed by atoms with E-state index in [1.807, 2.05) is 6.92 Å². The zero-order valence-electron chi connectivity index (χ0n) is 4.62. The predicted octanol–water partition coefficient (Wildman–Crippen LogP) is 0.957. The summed E-state index contributed by atoms with van der Waals surface area (Å²) in [5, 5.41) is 10.5. The summed E-state index contributed by atoms with van der Waals surface area (Å²) < 4.78 is 0. The van der Waals surface area contributed by atoms with Gasteiger partial charge in [0.25, 0.3) is 0 Å². The van der Waals surface area contributed by atoms with E-state index in [9.17, 15) is 5.11 Å². The molecule has 0 aliphatic rings. The van der Waals surface area contributed by atoms with Crippen LogP contribution in [0, 0.1) is 0 Å². The fourth-order valence-corrected chi connectivity index (χ4v) is 0. The number of hydrogen-bond acceptors (Lipinski definition) is 0. The monoisotopic (exact) mass is 111 g/mol. The first kappa shape index (κ1) is 10.9. The van der Waals surface area contributed by atoms with E-state index in [4.69, 9.17) is 0 Å². The van der Waals surface area contributed by atoms with Crippen LogP contribution in [0.4, 0.5) is 0 Å². The van der Waals surface area contributed by atoms with Gasteiger partial charge >= 0.3 is 29.6 Å². The molecule has 0 bridgehead atoms. The summed E-state index contributed by atoms with van der Waals surface area (Å²) in [6.45, 7) is 5.27. The Balaban J connectivity index is 0. The third-order valence-electron chi connectivity index (χ3n) is 0.851. The third kappa shape index (κ3) is 10.9. The van der Waals surface area contributed by atoms with Crippen molar-refractivity contribution in [2.45, 2.75) is 32.8 Å². The topological polar surface area (TPSA) is 19.9 Å². The molecule has 0 saturated heterocycles. The van der Waals surface area contributed by atoms with E-state index in [1.54, 1.807) is 13.8 Å². The van der Waals surface area contributed by atoms with Gasteiger partial charge in [0.05, 0.1) is 5.60 Å². The van der Waals surface area contributed by atoms with Gasteiger partial charge in [-0.15, -0.1) is 0 Å². The summed E-state index contributed by atoms with van der Waals surface area (Å²) >= 11 is 0. The molecular formula is C5H12NaO. The van der Waals surface area contributed by atoms with Crippen LogP contribution in [0.3, 0.4) is 0 Å². The van der Waals surface area contributed by atoms with Gasteiger partial charge in [-0.2, -0.15) is 0 Å². The minimum absolute atomic E-state index is 0. The van der Waals surface area contributed by atoms with Crippen molar-refractivity contribution < 1.29 is 5.11 Å². The van der Waals surface area contributed by atoms with Crippen molar-refractivity contribution in [3.05, 3.63) is 0 Å². The molecule has 0 aliphatic heterocycles. The maximum absolute atomic E-state index is 10.5. The summed E-state index contributed by atoms with van der Waals surface area (Å²) in [5.41, 5.74) is -0.708. The molecule has 1 nitrogen and oxygen atoms in total. The normalized spacial score (nSPS) is 10.3. The SMILES string of the molecule is CCC(C)(C)[O].[NaH]. The molecular weight excluding hydrogens is 99.0 g/mol. The van der Waals surface area contributed by atoms with Gasteiger partial charge in [0.15, 0.2) is 0 Å². The Kier molecular flexibility index (Phi) is 6.05. The van der Waals surface area contributed by atoms with E-state index >= 15 is 0 Å². The van der Waals surface area contributed by atoms with Gasteiger partial charge in [0.2, 0.25) is 0 Å². The van der Waals surface area contributed by atoms with E-state index < -0.39 is 5.60 Å². The molecule has 0 amide bonds. The first-order chi connectivity index (χ1) is 2.56. The first-order valence-electron chi connectivity index (χ1n) is 2.26. The molecule has 0 atom stereocenters. The molecule has 39 valence electrons. The van der Waals surface area contributed by atoms with Crippen molar-refractivity contribution >= 4 is 29.6 Å². The second-order valence-electron chi connectivity index (χ2n) is 2.11. The Hall–Kier alpha value is 0.960. The molecule has 0 aromatic carbocycles. The average molecular weight is 111 g/mol. The van der Waals surface area contributed by atoms with Crippen molar-refractivity contribution in [3.63, 3.8) is 0 Å². The van der Waals surface area contributed by atoms with E-state index in [2.05, 4.69) is 0 Å². The van der Waals surface area contributed by atoms with Crippen LogP contribution in [-0.2, 0) is 5.11 Å². The molecule has 0 saturated carbocycles. The van der Waals surface area contributed by atoms with Crippen LogP contribution >= 0.6 is 0 Å². The average Bonchev–Trinajstić information content (AvgIpc) is 1.35. The summed E-state index contributed by atoms with van der Waals surface area (Å²) in [7, 11) is 0. The number of rotatable bonds is 1. The van der Waals surface area contributed by atoms with Crippen molar-refractivity contribution in [2.75, 3.05) is 0 Å². The second-order valence-corrected chi connectivity index (χ2v) is 2.11. The molecule has 0 unspecified atom stereocenters. The van der Waals surface area contributed by atoms with E-state index in [0.717, 1.165) is 0 Å². The van der Waals surface area contributed by atoms with Crippen LogP contribution in [0.2, 0.25) is 0 Å². The van der Waals surface area contributed by atoms with Gasteiger partial charge in [0.1, 0.15) is 0 Å². The van der Waals surface area contributed by atoms with E-state index in [1.165, 1.54) is 0 Å². The Labute approximate surface area is 67.4 Å². The second kappa shape index (κ2) is 3.90. The summed E-state index contributed by atoms with van der Waals surface area (Å²) in [6.07, 6.45) is 0.715. The van der Waals surface area contributed by atoms with Crippen molar-refractivity contribution in [1.82, 2.24) is 0 Å². The molecule has 0 fully saturated rings. The van der Waals surface area contributed by atoms with E-state index in [-0.39, 0.29) is 29.6 Å². The third-order valence-corrected chi connectivity index (χ3v) is 0.851. The van der Waals surface area contributed by atoms with Gasteiger partial charge in [-0.05, 0) is 20.3 Å². The quantitative estimate of drug-likeness (QED) is 0.449. The molecule has 0 aromatic rings. The molecule has 0 heterocycles. The van der Waals surface area contributed by atoms with Crippen LogP contribution in [0.25, 0.3) is 0 Å². The molecule has 7 heavy (non-hydrogen) atoms. The first-order valence-corrected chi connectivity index (χ1v) is 2.26. The zero-order valence-corrected chi connectivity index (χ0v) is 4.62. The van der Waals surface area contributed by atoms with Crippen LogP contribution in [-0.4, -0.2) is 35.2 Å². The Morgan fingerprint density at radius 3 is 1.57 bits per heavy atom. The van der Waals surface area contributed by atoms with Gasteiger partial charge in [0, 0.05) is 0 Å². The van der Waals surface area contributed by atoms with Crippen LogP contribution < -0.4 is 0 Å². The summed E-state index contributed by atoms with van der Waals surface area (Å²) in [4.78, 5) is 0. The van der Waals surface area contributed by atoms with Gasteiger partial charge in [-0.25, -0.2) is 5.11 Å².